The Labute approximate surface area is 138 Å². The van der Waals surface area contributed by atoms with Gasteiger partial charge in [-0.2, -0.15) is 4.98 Å². The summed E-state index contributed by atoms with van der Waals surface area (Å²) < 4.78 is 0. The fraction of sp³-hybridized carbons (Fsp3) is 0.474. The molecule has 0 spiro atoms. The zero-order chi connectivity index (χ0) is 16.1. The predicted molar refractivity (Wildman–Crippen MR) is 96.3 cm³/mol. The maximum Gasteiger partial charge on any atom is 0.225 e. The molecule has 0 atom stereocenters. The van der Waals surface area contributed by atoms with E-state index in [9.17, 15) is 0 Å². The highest BCUT2D eigenvalue weighted by molar-refractivity contribution is 5.58. The molecule has 0 aliphatic heterocycles. The lowest BCUT2D eigenvalue weighted by Crippen LogP contribution is -2.20. The van der Waals surface area contributed by atoms with Crippen LogP contribution in [0.1, 0.15) is 49.8 Å². The third kappa shape index (κ3) is 4.68. The molecule has 3 rings (SSSR count). The molecule has 1 aliphatic carbocycles. The van der Waals surface area contributed by atoms with Gasteiger partial charge in [0.05, 0.1) is 0 Å². The van der Waals surface area contributed by atoms with Crippen LogP contribution in [-0.4, -0.2) is 16.0 Å². The fourth-order valence-corrected chi connectivity index (χ4v) is 3.17. The summed E-state index contributed by atoms with van der Waals surface area (Å²) >= 11 is 0. The van der Waals surface area contributed by atoms with Crippen molar-refractivity contribution in [3.05, 3.63) is 41.6 Å². The Kier molecular flexibility index (Phi) is 5.11. The minimum Gasteiger partial charge on any atom is -0.351 e. The van der Waals surface area contributed by atoms with E-state index < -0.39 is 0 Å². The van der Waals surface area contributed by atoms with E-state index in [1.807, 2.05) is 13.0 Å². The van der Waals surface area contributed by atoms with E-state index in [1.165, 1.54) is 44.1 Å². The molecule has 1 fully saturated rings. The summed E-state index contributed by atoms with van der Waals surface area (Å²) in [6.45, 7) is 4.11. The molecule has 1 aliphatic rings. The number of aromatic nitrogens is 2. The zero-order valence-corrected chi connectivity index (χ0v) is 14.1. The quantitative estimate of drug-likeness (QED) is 0.783. The number of rotatable bonds is 4. The van der Waals surface area contributed by atoms with Crippen LogP contribution in [0, 0.1) is 13.8 Å². The second-order valence-corrected chi connectivity index (χ2v) is 6.55. The molecule has 1 saturated carbocycles. The van der Waals surface area contributed by atoms with Gasteiger partial charge in [0.1, 0.15) is 5.82 Å². The van der Waals surface area contributed by atoms with Gasteiger partial charge in [-0.25, -0.2) is 4.98 Å². The van der Waals surface area contributed by atoms with Crippen molar-refractivity contribution in [1.82, 2.24) is 9.97 Å². The first-order valence-electron chi connectivity index (χ1n) is 8.65. The number of hydrogen-bond acceptors (Lipinski definition) is 4. The molecule has 0 saturated heterocycles. The molecule has 1 aromatic heterocycles. The zero-order valence-electron chi connectivity index (χ0n) is 14.1. The van der Waals surface area contributed by atoms with Crippen molar-refractivity contribution in [3.8, 4) is 0 Å². The lowest BCUT2D eigenvalue weighted by atomic mass is 10.1. The van der Waals surface area contributed by atoms with Gasteiger partial charge in [-0.05, 0) is 44.4 Å². The number of nitrogens with zero attached hydrogens (tertiary/aromatic N) is 2. The van der Waals surface area contributed by atoms with E-state index in [4.69, 9.17) is 0 Å². The maximum atomic E-state index is 4.65. The summed E-state index contributed by atoms with van der Waals surface area (Å²) in [5.41, 5.74) is 3.27. The summed E-state index contributed by atoms with van der Waals surface area (Å²) in [6, 6.07) is 10.8. The molecule has 0 bridgehead atoms. The monoisotopic (exact) mass is 310 g/mol. The van der Waals surface area contributed by atoms with E-state index in [2.05, 4.69) is 51.8 Å². The summed E-state index contributed by atoms with van der Waals surface area (Å²) in [4.78, 5) is 9.21. The molecule has 2 N–H and O–H groups in total. The fourth-order valence-electron chi connectivity index (χ4n) is 3.17. The van der Waals surface area contributed by atoms with Crippen molar-refractivity contribution < 1.29 is 0 Å². The Bertz CT molecular complexity index is 646. The van der Waals surface area contributed by atoms with Gasteiger partial charge in [0.2, 0.25) is 5.95 Å². The number of benzene rings is 1. The normalized spacial score (nSPS) is 15.9. The highest BCUT2D eigenvalue weighted by atomic mass is 15.2. The van der Waals surface area contributed by atoms with Crippen LogP contribution in [0.25, 0.3) is 0 Å². The SMILES string of the molecule is Cc1cccc(Nc2cc(C)nc(NC3CCCCCC3)n2)c1. The average molecular weight is 310 g/mol. The number of aryl methyl sites for hydroxylation is 2. The van der Waals surface area contributed by atoms with E-state index >= 15 is 0 Å². The highest BCUT2D eigenvalue weighted by Gasteiger charge is 2.13. The van der Waals surface area contributed by atoms with Crippen LogP contribution in [0.15, 0.2) is 30.3 Å². The second-order valence-electron chi connectivity index (χ2n) is 6.55. The molecule has 2 aromatic rings. The number of anilines is 3. The van der Waals surface area contributed by atoms with Gasteiger partial charge in [0, 0.05) is 23.5 Å². The first kappa shape index (κ1) is 15.8. The molecule has 4 nitrogen and oxygen atoms in total. The largest absolute Gasteiger partial charge is 0.351 e. The van der Waals surface area contributed by atoms with Gasteiger partial charge in [-0.15, -0.1) is 0 Å². The van der Waals surface area contributed by atoms with Crippen LogP contribution in [0.5, 0.6) is 0 Å². The third-order valence-electron chi connectivity index (χ3n) is 4.33. The van der Waals surface area contributed by atoms with Gasteiger partial charge in [-0.3, -0.25) is 0 Å². The molecule has 1 heterocycles. The molecule has 0 amide bonds. The van der Waals surface area contributed by atoms with Crippen molar-refractivity contribution in [1.29, 1.82) is 0 Å². The lowest BCUT2D eigenvalue weighted by molar-refractivity contribution is 0.614. The van der Waals surface area contributed by atoms with Gasteiger partial charge in [0.25, 0.3) is 0 Å². The highest BCUT2D eigenvalue weighted by Crippen LogP contribution is 2.22. The van der Waals surface area contributed by atoms with Crippen molar-refractivity contribution in [2.24, 2.45) is 0 Å². The number of hydrogen-bond donors (Lipinski definition) is 2. The maximum absolute atomic E-state index is 4.65. The topological polar surface area (TPSA) is 49.8 Å². The van der Waals surface area contributed by atoms with Crippen molar-refractivity contribution >= 4 is 17.5 Å². The van der Waals surface area contributed by atoms with Crippen LogP contribution in [0.4, 0.5) is 17.5 Å². The molecule has 0 radical (unpaired) electrons. The minimum atomic E-state index is 0.506. The first-order valence-corrected chi connectivity index (χ1v) is 8.65. The molecular weight excluding hydrogens is 284 g/mol. The molecule has 122 valence electrons. The Hall–Kier alpha value is -2.10. The van der Waals surface area contributed by atoms with E-state index in [0.29, 0.717) is 6.04 Å². The Balaban J connectivity index is 1.73. The van der Waals surface area contributed by atoms with Gasteiger partial charge in [-0.1, -0.05) is 37.8 Å². The molecule has 23 heavy (non-hydrogen) atoms. The third-order valence-corrected chi connectivity index (χ3v) is 4.33. The van der Waals surface area contributed by atoms with Crippen LogP contribution >= 0.6 is 0 Å². The lowest BCUT2D eigenvalue weighted by Gasteiger charge is -2.17. The predicted octanol–water partition coefficient (Wildman–Crippen LogP) is 4.97. The van der Waals surface area contributed by atoms with E-state index in [1.54, 1.807) is 0 Å². The van der Waals surface area contributed by atoms with E-state index in [-0.39, 0.29) is 0 Å². The second kappa shape index (κ2) is 7.44. The van der Waals surface area contributed by atoms with Gasteiger partial charge < -0.3 is 10.6 Å². The van der Waals surface area contributed by atoms with Crippen LogP contribution in [0.3, 0.4) is 0 Å². The molecule has 0 unspecified atom stereocenters. The Morgan fingerprint density at radius 2 is 1.74 bits per heavy atom. The first-order chi connectivity index (χ1) is 11.2. The number of nitrogens with one attached hydrogen (secondary N) is 2. The van der Waals surface area contributed by atoms with Gasteiger partial charge in [0.15, 0.2) is 0 Å². The van der Waals surface area contributed by atoms with Crippen molar-refractivity contribution in [2.75, 3.05) is 10.6 Å². The van der Waals surface area contributed by atoms with Crippen LogP contribution < -0.4 is 10.6 Å². The Morgan fingerprint density at radius 1 is 0.957 bits per heavy atom. The van der Waals surface area contributed by atoms with Crippen molar-refractivity contribution in [3.63, 3.8) is 0 Å². The summed E-state index contributed by atoms with van der Waals surface area (Å²) in [5, 5.41) is 6.92. The average Bonchev–Trinajstić information content (AvgIpc) is 2.75. The van der Waals surface area contributed by atoms with Crippen LogP contribution in [-0.2, 0) is 0 Å². The molecule has 1 aromatic carbocycles. The van der Waals surface area contributed by atoms with E-state index in [0.717, 1.165) is 23.1 Å². The Morgan fingerprint density at radius 3 is 2.48 bits per heavy atom. The standard InChI is InChI=1S/C19H26N4/c1-14-8-7-11-17(12-14)21-18-13-15(2)20-19(23-18)22-16-9-5-3-4-6-10-16/h7-8,11-13,16H,3-6,9-10H2,1-2H3,(H2,20,21,22,23). The summed E-state index contributed by atoms with van der Waals surface area (Å²) in [7, 11) is 0. The minimum absolute atomic E-state index is 0.506. The summed E-state index contributed by atoms with van der Waals surface area (Å²) in [6.07, 6.45) is 7.76. The van der Waals surface area contributed by atoms with Crippen molar-refractivity contribution in [2.45, 2.75) is 58.4 Å². The molecule has 4 heteroatoms. The summed E-state index contributed by atoms with van der Waals surface area (Å²) in [5.74, 6) is 1.59. The van der Waals surface area contributed by atoms with Gasteiger partial charge >= 0.3 is 0 Å². The van der Waals surface area contributed by atoms with Crippen LogP contribution in [0.2, 0.25) is 0 Å². The smallest absolute Gasteiger partial charge is 0.225 e. The molecular formula is C19H26N4.